The first kappa shape index (κ1) is 13.1. The van der Waals surface area contributed by atoms with E-state index in [-0.39, 0.29) is 5.92 Å². The number of carbonyl (C=O) groups excluding carboxylic acids is 1. The Morgan fingerprint density at radius 3 is 2.47 bits per heavy atom. The van der Waals surface area contributed by atoms with Gasteiger partial charge in [-0.1, -0.05) is 37.3 Å². The van der Waals surface area contributed by atoms with Crippen molar-refractivity contribution >= 4 is 13.9 Å². The second-order valence-corrected chi connectivity index (χ2v) is 12.2. The van der Waals surface area contributed by atoms with Gasteiger partial charge < -0.3 is 0 Å². The Morgan fingerprint density at radius 2 is 1.88 bits per heavy atom. The quantitative estimate of drug-likeness (QED) is 0.637. The van der Waals surface area contributed by atoms with Gasteiger partial charge in [0.1, 0.15) is 5.78 Å². The topological polar surface area (TPSA) is 17.1 Å². The fourth-order valence-corrected chi connectivity index (χ4v) is 6.09. The van der Waals surface area contributed by atoms with Crippen LogP contribution in [0.1, 0.15) is 39.5 Å². The van der Waals surface area contributed by atoms with E-state index >= 15 is 0 Å². The number of allylic oxidation sites excluding steroid dienone is 2. The Bertz CT molecular complexity index is 362. The molecule has 0 spiro atoms. The summed E-state index contributed by atoms with van der Waals surface area (Å²) in [6.45, 7) is 11.9. The van der Waals surface area contributed by atoms with Crippen molar-refractivity contribution < 1.29 is 4.79 Å². The summed E-state index contributed by atoms with van der Waals surface area (Å²) in [5.41, 5.74) is 1.47. The fraction of sp³-hybridized carbons (Fsp3) is 0.800. The van der Waals surface area contributed by atoms with Gasteiger partial charge in [0.25, 0.3) is 0 Å². The number of carbonyl (C=O) groups is 1. The van der Waals surface area contributed by atoms with Crippen molar-refractivity contribution in [2.75, 3.05) is 0 Å². The lowest BCUT2D eigenvalue weighted by Crippen LogP contribution is -2.24. The molecular formula is C15H26OSi. The lowest BCUT2D eigenvalue weighted by molar-refractivity contribution is -0.122. The largest absolute Gasteiger partial charge is 0.299 e. The van der Waals surface area contributed by atoms with E-state index in [1.807, 2.05) is 0 Å². The van der Waals surface area contributed by atoms with Gasteiger partial charge in [0.05, 0.1) is 8.07 Å². The number of Topliss-reactive ketones (excluding diaryl/α,β-unsaturated/α-hetero) is 1. The molecule has 2 rings (SSSR count). The first-order valence-electron chi connectivity index (χ1n) is 7.05. The summed E-state index contributed by atoms with van der Waals surface area (Å²) in [5, 5.41) is 1.69. The second kappa shape index (κ2) is 4.38. The van der Waals surface area contributed by atoms with Crippen molar-refractivity contribution in [3.8, 4) is 0 Å². The molecule has 96 valence electrons. The van der Waals surface area contributed by atoms with Crippen molar-refractivity contribution in [3.05, 3.63) is 10.8 Å². The monoisotopic (exact) mass is 250 g/mol. The number of hydrogen-bond acceptors (Lipinski definition) is 1. The van der Waals surface area contributed by atoms with Gasteiger partial charge >= 0.3 is 0 Å². The third kappa shape index (κ3) is 2.29. The first-order valence-corrected chi connectivity index (χ1v) is 10.5. The van der Waals surface area contributed by atoms with Crippen molar-refractivity contribution in [1.29, 1.82) is 0 Å². The maximum absolute atomic E-state index is 12.3. The zero-order chi connectivity index (χ0) is 12.8. The highest BCUT2D eigenvalue weighted by Gasteiger charge is 2.43. The third-order valence-electron chi connectivity index (χ3n) is 4.88. The molecule has 2 aliphatic rings. The van der Waals surface area contributed by atoms with E-state index in [4.69, 9.17) is 0 Å². The maximum atomic E-state index is 12.3. The minimum Gasteiger partial charge on any atom is -0.299 e. The molecule has 2 heteroatoms. The van der Waals surface area contributed by atoms with Gasteiger partial charge in [-0.2, -0.15) is 0 Å². The standard InChI is InChI=1S/C15H26OSi/c1-10-7-6-8-13(16)15-11(2)14(9-12(10)15)17(3,4)5/h10,12,15H,6-9H2,1-5H3/t10-,12-,15-/m0/s1. The predicted octanol–water partition coefficient (Wildman–Crippen LogP) is 4.21. The summed E-state index contributed by atoms with van der Waals surface area (Å²) >= 11 is 0. The molecule has 2 aliphatic carbocycles. The van der Waals surface area contributed by atoms with Crippen LogP contribution in [0.15, 0.2) is 10.8 Å². The van der Waals surface area contributed by atoms with Gasteiger partial charge in [-0.3, -0.25) is 4.79 Å². The average molecular weight is 250 g/mol. The van der Waals surface area contributed by atoms with Crippen LogP contribution in [0.2, 0.25) is 19.6 Å². The summed E-state index contributed by atoms with van der Waals surface area (Å²) < 4.78 is 0. The minimum atomic E-state index is -1.22. The predicted molar refractivity (Wildman–Crippen MR) is 75.7 cm³/mol. The Labute approximate surface area is 107 Å². The highest BCUT2D eigenvalue weighted by Crippen LogP contribution is 2.47. The first-order chi connectivity index (χ1) is 7.82. The molecule has 0 bridgehead atoms. The number of ketones is 1. The van der Waals surface area contributed by atoms with Gasteiger partial charge in [-0.05, 0) is 38.0 Å². The molecule has 0 aliphatic heterocycles. The van der Waals surface area contributed by atoms with Gasteiger partial charge in [0.15, 0.2) is 0 Å². The van der Waals surface area contributed by atoms with E-state index in [2.05, 4.69) is 33.5 Å². The summed E-state index contributed by atoms with van der Waals surface area (Å²) in [7, 11) is -1.22. The van der Waals surface area contributed by atoms with Gasteiger partial charge in [-0.25, -0.2) is 0 Å². The number of fused-ring (bicyclic) bond motifs is 1. The molecule has 0 radical (unpaired) electrons. The van der Waals surface area contributed by atoms with E-state index in [0.717, 1.165) is 18.8 Å². The smallest absolute Gasteiger partial charge is 0.140 e. The molecule has 0 aromatic rings. The SMILES string of the molecule is CC1=C([Si](C)(C)C)C[C@@H]2[C@H]1C(=O)CCC[C@@H]2C. The van der Waals surface area contributed by atoms with Gasteiger partial charge in [-0.15, -0.1) is 0 Å². The molecule has 0 N–H and O–H groups in total. The molecule has 1 saturated carbocycles. The molecule has 0 aromatic heterocycles. The highest BCUT2D eigenvalue weighted by atomic mass is 28.3. The number of rotatable bonds is 1. The van der Waals surface area contributed by atoms with Crippen LogP contribution in [-0.4, -0.2) is 13.9 Å². The normalized spacial score (nSPS) is 34.9. The maximum Gasteiger partial charge on any atom is 0.140 e. The molecule has 1 fully saturated rings. The molecule has 0 heterocycles. The van der Waals surface area contributed by atoms with Crippen LogP contribution in [0.25, 0.3) is 0 Å². The van der Waals surface area contributed by atoms with Crippen molar-refractivity contribution in [2.45, 2.75) is 59.2 Å². The third-order valence-corrected chi connectivity index (χ3v) is 7.29. The van der Waals surface area contributed by atoms with Crippen LogP contribution in [0, 0.1) is 17.8 Å². The molecule has 1 nitrogen and oxygen atoms in total. The van der Waals surface area contributed by atoms with Gasteiger partial charge in [0, 0.05) is 12.3 Å². The van der Waals surface area contributed by atoms with E-state index in [0.29, 0.717) is 11.7 Å². The molecule has 17 heavy (non-hydrogen) atoms. The number of hydrogen-bond donors (Lipinski definition) is 0. The van der Waals surface area contributed by atoms with Crippen LogP contribution in [0.5, 0.6) is 0 Å². The molecular weight excluding hydrogens is 224 g/mol. The summed E-state index contributed by atoms with van der Waals surface area (Å²) in [6, 6.07) is 0. The lowest BCUT2D eigenvalue weighted by atomic mass is 9.81. The van der Waals surface area contributed by atoms with E-state index in [1.54, 1.807) is 5.20 Å². The fourth-order valence-electron chi connectivity index (χ4n) is 3.90. The molecule has 0 saturated heterocycles. The zero-order valence-corrected chi connectivity index (χ0v) is 13.0. The van der Waals surface area contributed by atoms with Crippen LogP contribution in [0.4, 0.5) is 0 Å². The van der Waals surface area contributed by atoms with Crippen LogP contribution in [-0.2, 0) is 4.79 Å². The van der Waals surface area contributed by atoms with Crippen molar-refractivity contribution in [3.63, 3.8) is 0 Å². The molecule has 3 atom stereocenters. The van der Waals surface area contributed by atoms with Crippen LogP contribution >= 0.6 is 0 Å². The Kier molecular flexibility index (Phi) is 3.37. The minimum absolute atomic E-state index is 0.286. The molecule has 0 amide bonds. The zero-order valence-electron chi connectivity index (χ0n) is 12.0. The van der Waals surface area contributed by atoms with Gasteiger partial charge in [0.2, 0.25) is 0 Å². The summed E-state index contributed by atoms with van der Waals surface area (Å²) in [5.74, 6) is 2.18. The molecule has 0 aromatic carbocycles. The van der Waals surface area contributed by atoms with Crippen LogP contribution < -0.4 is 0 Å². The van der Waals surface area contributed by atoms with Crippen molar-refractivity contribution in [2.24, 2.45) is 17.8 Å². The second-order valence-electron chi connectivity index (χ2n) is 7.09. The average Bonchev–Trinajstić information content (AvgIpc) is 2.47. The van der Waals surface area contributed by atoms with Crippen LogP contribution in [0.3, 0.4) is 0 Å². The van der Waals surface area contributed by atoms with E-state index in [9.17, 15) is 4.79 Å². The van der Waals surface area contributed by atoms with Crippen molar-refractivity contribution in [1.82, 2.24) is 0 Å². The molecule has 0 unspecified atom stereocenters. The Hall–Kier alpha value is -0.373. The Morgan fingerprint density at radius 1 is 1.24 bits per heavy atom. The van der Waals surface area contributed by atoms with E-state index < -0.39 is 8.07 Å². The summed E-state index contributed by atoms with van der Waals surface area (Å²) in [6.07, 6.45) is 4.41. The Balaban J connectivity index is 2.37. The lowest BCUT2D eigenvalue weighted by Gasteiger charge is -2.23. The van der Waals surface area contributed by atoms with E-state index in [1.165, 1.54) is 18.4 Å². The summed E-state index contributed by atoms with van der Waals surface area (Å²) in [4.78, 5) is 12.3. The highest BCUT2D eigenvalue weighted by molar-refractivity contribution is 6.83.